The van der Waals surface area contributed by atoms with Gasteiger partial charge in [-0.15, -0.1) is 0 Å². The Morgan fingerprint density at radius 2 is 1.57 bits per heavy atom. The molecule has 0 unspecified atom stereocenters. The molecule has 0 fully saturated rings. The lowest BCUT2D eigenvalue weighted by Gasteiger charge is -2.28. The summed E-state index contributed by atoms with van der Waals surface area (Å²) in [5.41, 5.74) is 0. The van der Waals surface area contributed by atoms with Crippen LogP contribution in [0.5, 0.6) is 5.75 Å². The monoisotopic (exact) mass is 207 g/mol. The van der Waals surface area contributed by atoms with Crippen molar-refractivity contribution in [2.24, 2.45) is 0 Å². The topological polar surface area (TPSA) is 9.23 Å². The third-order valence-corrected chi connectivity index (χ3v) is 7.49. The Morgan fingerprint density at radius 3 is 2.00 bits per heavy atom. The van der Waals surface area contributed by atoms with E-state index in [2.05, 4.69) is 26.8 Å². The van der Waals surface area contributed by atoms with Crippen LogP contribution >= 0.6 is 0 Å². The summed E-state index contributed by atoms with van der Waals surface area (Å²) in [5, 5.41) is 0. The fourth-order valence-electron chi connectivity index (χ4n) is 1.66. The van der Waals surface area contributed by atoms with Crippen molar-refractivity contribution in [3.05, 3.63) is 30.3 Å². The number of hydrogen-bond donors (Lipinski definition) is 0. The summed E-state index contributed by atoms with van der Waals surface area (Å²) in [6.07, 6.45) is 0. The highest BCUT2D eigenvalue weighted by Crippen LogP contribution is 2.24. The molecule has 0 aromatic heterocycles. The molecule has 2 heteroatoms. The largest absolute Gasteiger partial charge is 0.544 e. The molecule has 0 N–H and O–H groups in total. The zero-order chi connectivity index (χ0) is 10.4. The predicted molar refractivity (Wildman–Crippen MR) is 63.1 cm³/mol. The van der Waals surface area contributed by atoms with Crippen LogP contribution < -0.4 is 4.43 Å². The Labute approximate surface area is 88.2 Å². The number of hydrogen-bond acceptors (Lipinski definition) is 1. The highest BCUT2D eigenvalue weighted by Gasteiger charge is 2.30. The molecule has 0 heterocycles. The number of benzene rings is 1. The van der Waals surface area contributed by atoms with E-state index in [9.17, 15) is 0 Å². The molecule has 0 bridgehead atoms. The van der Waals surface area contributed by atoms with Gasteiger partial charge in [-0.25, -0.2) is 0 Å². The standard InChI is InChI=1S/C12H19OSi/c1-4-14(5-2,6-3)13-12-10-8-7-9-11-12/h8-11H,4-6H2,1-3H3. The first-order chi connectivity index (χ1) is 6.76. The molecule has 1 nitrogen and oxygen atoms in total. The minimum Gasteiger partial charge on any atom is -0.544 e. The van der Waals surface area contributed by atoms with Crippen LogP contribution in [0, 0.1) is 6.07 Å². The van der Waals surface area contributed by atoms with Gasteiger partial charge in [-0.05, 0) is 36.3 Å². The quantitative estimate of drug-likeness (QED) is 0.666. The first kappa shape index (κ1) is 11.3. The van der Waals surface area contributed by atoms with E-state index in [0.717, 1.165) is 5.75 Å². The van der Waals surface area contributed by atoms with E-state index in [0.29, 0.717) is 0 Å². The summed E-state index contributed by atoms with van der Waals surface area (Å²) in [6.45, 7) is 6.73. The highest BCUT2D eigenvalue weighted by atomic mass is 28.4. The van der Waals surface area contributed by atoms with Crippen LogP contribution in [0.15, 0.2) is 24.3 Å². The van der Waals surface area contributed by atoms with E-state index in [1.807, 2.05) is 24.3 Å². The van der Waals surface area contributed by atoms with Crippen LogP contribution in [-0.4, -0.2) is 8.32 Å². The fraction of sp³-hybridized carbons (Fsp3) is 0.500. The van der Waals surface area contributed by atoms with Crippen molar-refractivity contribution in [1.29, 1.82) is 0 Å². The minimum absolute atomic E-state index is 1.01. The van der Waals surface area contributed by atoms with Gasteiger partial charge in [0, 0.05) is 0 Å². The van der Waals surface area contributed by atoms with Gasteiger partial charge >= 0.3 is 0 Å². The second-order valence-electron chi connectivity index (χ2n) is 3.58. The zero-order valence-corrected chi connectivity index (χ0v) is 10.3. The van der Waals surface area contributed by atoms with Crippen molar-refractivity contribution in [2.45, 2.75) is 38.9 Å². The maximum atomic E-state index is 6.17. The predicted octanol–water partition coefficient (Wildman–Crippen LogP) is 3.87. The molecule has 0 aliphatic rings. The molecule has 1 rings (SSSR count). The Balaban J connectivity index is 2.74. The average Bonchev–Trinajstić information content (AvgIpc) is 2.28. The summed E-state index contributed by atoms with van der Waals surface area (Å²) in [4.78, 5) is 0. The molecule has 0 saturated heterocycles. The van der Waals surface area contributed by atoms with Crippen LogP contribution in [0.4, 0.5) is 0 Å². The second kappa shape index (κ2) is 5.20. The lowest BCUT2D eigenvalue weighted by molar-refractivity contribution is 0.532. The first-order valence-corrected chi connectivity index (χ1v) is 7.94. The third-order valence-electron chi connectivity index (χ3n) is 2.96. The van der Waals surface area contributed by atoms with Gasteiger partial charge in [0.1, 0.15) is 5.75 Å². The van der Waals surface area contributed by atoms with Crippen LogP contribution in [0.25, 0.3) is 0 Å². The third kappa shape index (κ3) is 2.61. The molecule has 0 aliphatic heterocycles. The second-order valence-corrected chi connectivity index (χ2v) is 8.27. The molecule has 1 radical (unpaired) electrons. The van der Waals surface area contributed by atoms with Crippen LogP contribution in [-0.2, 0) is 0 Å². The van der Waals surface area contributed by atoms with Gasteiger partial charge in [0.05, 0.1) is 0 Å². The molecule has 0 aliphatic carbocycles. The summed E-state index contributed by atoms with van der Waals surface area (Å²) >= 11 is 0. The van der Waals surface area contributed by atoms with Gasteiger partial charge in [0.15, 0.2) is 0 Å². The van der Waals surface area contributed by atoms with Gasteiger partial charge in [-0.1, -0.05) is 32.9 Å². The smallest absolute Gasteiger partial charge is 0.250 e. The van der Waals surface area contributed by atoms with Crippen molar-refractivity contribution in [2.75, 3.05) is 0 Å². The Bertz CT molecular complexity index is 246. The zero-order valence-electron chi connectivity index (χ0n) is 9.34. The normalized spacial score (nSPS) is 11.4. The van der Waals surface area contributed by atoms with E-state index >= 15 is 0 Å². The van der Waals surface area contributed by atoms with Gasteiger partial charge < -0.3 is 4.43 Å². The molecule has 14 heavy (non-hydrogen) atoms. The molecule has 1 aromatic rings. The SMILES string of the molecule is CC[Si](CC)(CC)Oc1cc[c]cc1. The molecule has 0 atom stereocenters. The highest BCUT2D eigenvalue weighted by molar-refractivity contribution is 6.74. The van der Waals surface area contributed by atoms with Gasteiger partial charge in [0.25, 0.3) is 0 Å². The van der Waals surface area contributed by atoms with E-state index in [1.165, 1.54) is 18.1 Å². The minimum atomic E-state index is -1.47. The molecule has 0 spiro atoms. The van der Waals surface area contributed by atoms with E-state index < -0.39 is 8.32 Å². The summed E-state index contributed by atoms with van der Waals surface area (Å²) < 4.78 is 6.17. The number of rotatable bonds is 5. The maximum Gasteiger partial charge on any atom is 0.250 e. The summed E-state index contributed by atoms with van der Waals surface area (Å²) in [6, 6.07) is 14.4. The van der Waals surface area contributed by atoms with Gasteiger partial charge in [-0.2, -0.15) is 0 Å². The molecule has 1 aromatic carbocycles. The summed E-state index contributed by atoms with van der Waals surface area (Å²) in [5.74, 6) is 1.01. The molecular formula is C12H19OSi. The van der Waals surface area contributed by atoms with Gasteiger partial charge in [-0.3, -0.25) is 0 Å². The Morgan fingerprint density at radius 1 is 1.07 bits per heavy atom. The van der Waals surface area contributed by atoms with Crippen LogP contribution in [0.2, 0.25) is 18.1 Å². The van der Waals surface area contributed by atoms with Crippen LogP contribution in [0.1, 0.15) is 20.8 Å². The van der Waals surface area contributed by atoms with Crippen molar-refractivity contribution in [3.8, 4) is 5.75 Å². The average molecular weight is 207 g/mol. The molecule has 77 valence electrons. The van der Waals surface area contributed by atoms with Crippen molar-refractivity contribution >= 4 is 8.32 Å². The molecular weight excluding hydrogens is 188 g/mol. The van der Waals surface area contributed by atoms with E-state index in [1.54, 1.807) is 0 Å². The van der Waals surface area contributed by atoms with Crippen molar-refractivity contribution < 1.29 is 4.43 Å². The lowest BCUT2D eigenvalue weighted by atomic mass is 10.3. The molecule has 0 saturated carbocycles. The maximum absolute atomic E-state index is 6.17. The fourth-order valence-corrected chi connectivity index (χ4v) is 4.23. The van der Waals surface area contributed by atoms with E-state index in [4.69, 9.17) is 4.43 Å². The first-order valence-electron chi connectivity index (χ1n) is 5.41. The van der Waals surface area contributed by atoms with Crippen LogP contribution in [0.3, 0.4) is 0 Å². The Kier molecular flexibility index (Phi) is 4.20. The van der Waals surface area contributed by atoms with E-state index in [-0.39, 0.29) is 0 Å². The van der Waals surface area contributed by atoms with Crippen molar-refractivity contribution in [1.82, 2.24) is 0 Å². The summed E-state index contributed by atoms with van der Waals surface area (Å²) in [7, 11) is -1.47. The lowest BCUT2D eigenvalue weighted by Crippen LogP contribution is -2.39. The van der Waals surface area contributed by atoms with Gasteiger partial charge in [0.2, 0.25) is 8.32 Å². The molecule has 0 amide bonds. The van der Waals surface area contributed by atoms with Crippen molar-refractivity contribution in [3.63, 3.8) is 0 Å². The Hall–Kier alpha value is -0.763.